The highest BCUT2D eigenvalue weighted by Gasteiger charge is 2.09. The third-order valence-electron chi connectivity index (χ3n) is 2.31. The van der Waals surface area contributed by atoms with Crippen molar-refractivity contribution in [2.75, 3.05) is 19.8 Å². The van der Waals surface area contributed by atoms with Crippen LogP contribution in [0.15, 0.2) is 18.2 Å². The van der Waals surface area contributed by atoms with Gasteiger partial charge in [-0.15, -0.1) is 0 Å². The monoisotopic (exact) mass is 243 g/mol. The van der Waals surface area contributed by atoms with Crippen LogP contribution >= 0.6 is 11.6 Å². The zero-order valence-electron chi connectivity index (χ0n) is 9.66. The number of benzene rings is 1. The van der Waals surface area contributed by atoms with E-state index in [2.05, 4.69) is 19.2 Å². The van der Waals surface area contributed by atoms with Gasteiger partial charge in [0.25, 0.3) is 0 Å². The van der Waals surface area contributed by atoms with Gasteiger partial charge in [0, 0.05) is 11.1 Å². The molecule has 0 saturated heterocycles. The van der Waals surface area contributed by atoms with E-state index in [9.17, 15) is 0 Å². The first-order valence-corrected chi connectivity index (χ1v) is 5.83. The maximum atomic E-state index is 8.64. The van der Waals surface area contributed by atoms with Gasteiger partial charge in [-0.25, -0.2) is 0 Å². The molecule has 90 valence electrons. The van der Waals surface area contributed by atoms with E-state index < -0.39 is 0 Å². The van der Waals surface area contributed by atoms with E-state index in [4.69, 9.17) is 21.4 Å². The quantitative estimate of drug-likeness (QED) is 0.806. The topological polar surface area (TPSA) is 41.5 Å². The van der Waals surface area contributed by atoms with Crippen molar-refractivity contribution in [1.29, 1.82) is 0 Å². The average molecular weight is 244 g/mol. The van der Waals surface area contributed by atoms with Gasteiger partial charge in [-0.05, 0) is 31.2 Å². The molecule has 1 atom stereocenters. The van der Waals surface area contributed by atoms with Crippen molar-refractivity contribution in [2.24, 2.45) is 0 Å². The largest absolute Gasteiger partial charge is 0.491 e. The molecule has 0 aliphatic rings. The van der Waals surface area contributed by atoms with Gasteiger partial charge in [0.1, 0.15) is 12.4 Å². The predicted molar refractivity (Wildman–Crippen MR) is 66.1 cm³/mol. The minimum atomic E-state index is 0.00711. The van der Waals surface area contributed by atoms with Crippen molar-refractivity contribution in [3.8, 4) is 5.75 Å². The lowest BCUT2D eigenvalue weighted by Gasteiger charge is -2.15. The number of halogens is 1. The lowest BCUT2D eigenvalue weighted by molar-refractivity contribution is 0.201. The molecule has 0 radical (unpaired) electrons. The van der Waals surface area contributed by atoms with Crippen molar-refractivity contribution in [2.45, 2.75) is 19.9 Å². The van der Waals surface area contributed by atoms with Crippen LogP contribution in [0.4, 0.5) is 0 Å². The standard InChI is InChI=1S/C12H18ClNO2/c1-3-14-9(2)11-5-4-10(8-12(11)13)16-7-6-15/h4-5,8-9,14-15H,3,6-7H2,1-2H3. The summed E-state index contributed by atoms with van der Waals surface area (Å²) in [5.74, 6) is 0.687. The van der Waals surface area contributed by atoms with Crippen molar-refractivity contribution >= 4 is 11.6 Å². The Hall–Kier alpha value is -0.770. The molecule has 1 rings (SSSR count). The van der Waals surface area contributed by atoms with E-state index in [-0.39, 0.29) is 12.6 Å². The van der Waals surface area contributed by atoms with Gasteiger partial charge in [0.2, 0.25) is 0 Å². The highest BCUT2D eigenvalue weighted by molar-refractivity contribution is 6.31. The molecule has 4 heteroatoms. The Morgan fingerprint density at radius 1 is 1.50 bits per heavy atom. The van der Waals surface area contributed by atoms with E-state index in [1.165, 1.54) is 0 Å². The molecule has 0 fully saturated rings. The fraction of sp³-hybridized carbons (Fsp3) is 0.500. The molecule has 0 heterocycles. The summed E-state index contributed by atoms with van der Waals surface area (Å²) in [4.78, 5) is 0. The maximum absolute atomic E-state index is 8.64. The number of aliphatic hydroxyl groups excluding tert-OH is 1. The smallest absolute Gasteiger partial charge is 0.120 e. The fourth-order valence-corrected chi connectivity index (χ4v) is 1.86. The van der Waals surface area contributed by atoms with Gasteiger partial charge in [-0.3, -0.25) is 0 Å². The van der Waals surface area contributed by atoms with E-state index >= 15 is 0 Å². The fourth-order valence-electron chi connectivity index (χ4n) is 1.53. The summed E-state index contributed by atoms with van der Waals surface area (Å²) in [6.07, 6.45) is 0. The molecule has 0 bridgehead atoms. The van der Waals surface area contributed by atoms with E-state index in [0.29, 0.717) is 17.4 Å². The van der Waals surface area contributed by atoms with E-state index in [1.807, 2.05) is 12.1 Å². The number of rotatable bonds is 6. The second-order valence-corrected chi connectivity index (χ2v) is 3.94. The number of nitrogens with one attached hydrogen (secondary N) is 1. The Balaban J connectivity index is 2.74. The maximum Gasteiger partial charge on any atom is 0.120 e. The van der Waals surface area contributed by atoms with Crippen LogP contribution in [0.5, 0.6) is 5.75 Å². The third-order valence-corrected chi connectivity index (χ3v) is 2.64. The molecular weight excluding hydrogens is 226 g/mol. The van der Waals surface area contributed by atoms with Crippen LogP contribution in [0.2, 0.25) is 5.02 Å². The highest BCUT2D eigenvalue weighted by Crippen LogP contribution is 2.27. The molecule has 0 aliphatic carbocycles. The molecule has 3 nitrogen and oxygen atoms in total. The third kappa shape index (κ3) is 3.67. The van der Waals surface area contributed by atoms with Crippen LogP contribution in [-0.4, -0.2) is 24.9 Å². The Labute approximate surface area is 101 Å². The Bertz CT molecular complexity index is 331. The zero-order valence-corrected chi connectivity index (χ0v) is 10.4. The van der Waals surface area contributed by atoms with Crippen LogP contribution < -0.4 is 10.1 Å². The lowest BCUT2D eigenvalue weighted by Crippen LogP contribution is -2.18. The van der Waals surface area contributed by atoms with E-state index in [1.54, 1.807) is 6.07 Å². The van der Waals surface area contributed by atoms with Gasteiger partial charge in [-0.2, -0.15) is 0 Å². The van der Waals surface area contributed by atoms with Crippen molar-refractivity contribution in [3.63, 3.8) is 0 Å². The summed E-state index contributed by atoms with van der Waals surface area (Å²) in [5.41, 5.74) is 1.06. The first-order valence-electron chi connectivity index (χ1n) is 5.45. The van der Waals surface area contributed by atoms with Gasteiger partial charge in [0.05, 0.1) is 6.61 Å². The molecule has 1 aromatic carbocycles. The summed E-state index contributed by atoms with van der Waals surface area (Å²) in [6, 6.07) is 5.82. The SMILES string of the molecule is CCNC(C)c1ccc(OCCO)cc1Cl. The summed E-state index contributed by atoms with van der Waals surface area (Å²) < 4.78 is 5.28. The molecule has 1 aromatic rings. The first-order chi connectivity index (χ1) is 7.69. The molecule has 16 heavy (non-hydrogen) atoms. The van der Waals surface area contributed by atoms with Crippen LogP contribution in [0.1, 0.15) is 25.5 Å². The zero-order chi connectivity index (χ0) is 12.0. The second kappa shape index (κ2) is 6.74. The molecule has 0 spiro atoms. The van der Waals surface area contributed by atoms with Crippen LogP contribution in [0.3, 0.4) is 0 Å². The number of aliphatic hydroxyl groups is 1. The second-order valence-electron chi connectivity index (χ2n) is 3.53. The van der Waals surface area contributed by atoms with Gasteiger partial charge in [0.15, 0.2) is 0 Å². The van der Waals surface area contributed by atoms with Crippen LogP contribution in [0.25, 0.3) is 0 Å². The van der Waals surface area contributed by atoms with Crippen molar-refractivity contribution < 1.29 is 9.84 Å². The molecule has 0 amide bonds. The van der Waals surface area contributed by atoms with E-state index in [0.717, 1.165) is 12.1 Å². The molecule has 0 aliphatic heterocycles. The molecule has 0 aromatic heterocycles. The Kier molecular flexibility index (Phi) is 5.60. The van der Waals surface area contributed by atoms with Gasteiger partial charge < -0.3 is 15.2 Å². The number of ether oxygens (including phenoxy) is 1. The summed E-state index contributed by atoms with van der Waals surface area (Å²) in [7, 11) is 0. The molecular formula is C12H18ClNO2. The molecule has 0 saturated carbocycles. The Morgan fingerprint density at radius 2 is 2.25 bits per heavy atom. The average Bonchev–Trinajstić information content (AvgIpc) is 2.26. The number of hydrogen-bond donors (Lipinski definition) is 2. The predicted octanol–water partition coefficient (Wildman–Crippen LogP) is 2.38. The first kappa shape index (κ1) is 13.3. The van der Waals surface area contributed by atoms with Gasteiger partial charge >= 0.3 is 0 Å². The molecule has 2 N–H and O–H groups in total. The van der Waals surface area contributed by atoms with Gasteiger partial charge in [-0.1, -0.05) is 24.6 Å². The lowest BCUT2D eigenvalue weighted by atomic mass is 10.1. The van der Waals surface area contributed by atoms with Crippen LogP contribution in [-0.2, 0) is 0 Å². The number of hydrogen-bond acceptors (Lipinski definition) is 3. The summed E-state index contributed by atoms with van der Waals surface area (Å²) >= 11 is 6.16. The van der Waals surface area contributed by atoms with Crippen LogP contribution in [0, 0.1) is 0 Å². The van der Waals surface area contributed by atoms with Crippen molar-refractivity contribution in [1.82, 2.24) is 5.32 Å². The molecule has 1 unspecified atom stereocenters. The highest BCUT2D eigenvalue weighted by atomic mass is 35.5. The minimum absolute atomic E-state index is 0.00711. The van der Waals surface area contributed by atoms with Crippen molar-refractivity contribution in [3.05, 3.63) is 28.8 Å². The minimum Gasteiger partial charge on any atom is -0.491 e. The summed E-state index contributed by atoms with van der Waals surface area (Å²) in [6.45, 7) is 5.33. The Morgan fingerprint density at radius 3 is 2.81 bits per heavy atom. The normalized spacial score (nSPS) is 12.5. The summed E-state index contributed by atoms with van der Waals surface area (Å²) in [5, 5.41) is 12.6.